The highest BCUT2D eigenvalue weighted by Gasteiger charge is 2.06. The van der Waals surface area contributed by atoms with E-state index >= 15 is 0 Å². The van der Waals surface area contributed by atoms with Gasteiger partial charge in [0.25, 0.3) is 5.56 Å². The third kappa shape index (κ3) is 1.92. The molecule has 1 aromatic heterocycles. The summed E-state index contributed by atoms with van der Waals surface area (Å²) in [6.07, 6.45) is 1.73. The van der Waals surface area contributed by atoms with E-state index < -0.39 is 0 Å². The van der Waals surface area contributed by atoms with Crippen LogP contribution < -0.4 is 10.9 Å². The zero-order chi connectivity index (χ0) is 11.5. The molecule has 0 unspecified atom stereocenters. The van der Waals surface area contributed by atoms with Crippen LogP contribution in [0.4, 0.5) is 0 Å². The normalized spacial score (nSPS) is 10.6. The molecule has 0 atom stereocenters. The third-order valence-electron chi connectivity index (χ3n) is 2.51. The molecule has 0 radical (unpaired) electrons. The minimum Gasteiger partial charge on any atom is -0.315 e. The van der Waals surface area contributed by atoms with Crippen molar-refractivity contribution >= 4 is 0 Å². The van der Waals surface area contributed by atoms with E-state index in [1.165, 1.54) is 5.56 Å². The second-order valence-electron chi connectivity index (χ2n) is 3.81. The summed E-state index contributed by atoms with van der Waals surface area (Å²) in [7, 11) is 1.82. The van der Waals surface area contributed by atoms with Crippen molar-refractivity contribution in [3.8, 4) is 5.69 Å². The van der Waals surface area contributed by atoms with Gasteiger partial charge in [-0.15, -0.1) is 0 Å². The second kappa shape index (κ2) is 4.37. The van der Waals surface area contributed by atoms with E-state index in [0.717, 1.165) is 11.3 Å². The molecule has 0 bridgehead atoms. The summed E-state index contributed by atoms with van der Waals surface area (Å²) < 4.78 is 1.55. The number of nitrogens with zero attached hydrogens (tertiary/aromatic N) is 1. The van der Waals surface area contributed by atoms with Crippen molar-refractivity contribution in [1.29, 1.82) is 0 Å². The highest BCUT2D eigenvalue weighted by molar-refractivity contribution is 5.33. The molecule has 2 N–H and O–H groups in total. The Balaban J connectivity index is 2.41. The number of H-pyrrole nitrogens is 1. The zero-order valence-corrected chi connectivity index (χ0v) is 9.45. The summed E-state index contributed by atoms with van der Waals surface area (Å²) in [4.78, 5) is 11.9. The average molecular weight is 217 g/mol. The van der Waals surface area contributed by atoms with E-state index in [1.807, 2.05) is 38.2 Å². The van der Waals surface area contributed by atoms with Crippen molar-refractivity contribution in [3.63, 3.8) is 0 Å². The number of aromatic amines is 1. The van der Waals surface area contributed by atoms with E-state index in [0.29, 0.717) is 6.54 Å². The Hall–Kier alpha value is -1.81. The van der Waals surface area contributed by atoms with Crippen LogP contribution in [0, 0.1) is 6.92 Å². The van der Waals surface area contributed by atoms with Crippen LogP contribution in [-0.4, -0.2) is 16.8 Å². The molecule has 84 valence electrons. The van der Waals surface area contributed by atoms with Gasteiger partial charge in [-0.1, -0.05) is 17.7 Å². The molecule has 0 aliphatic heterocycles. The number of aryl methyl sites for hydroxylation is 1. The standard InChI is InChI=1S/C12H15N3O/c1-9-3-5-11(6-4-9)15-12(16)10(7-13-2)8-14-15/h3-6,8,13-14H,7H2,1-2H3. The quantitative estimate of drug-likeness (QED) is 0.811. The molecule has 16 heavy (non-hydrogen) atoms. The third-order valence-corrected chi connectivity index (χ3v) is 2.51. The number of nitrogens with one attached hydrogen (secondary N) is 2. The molecule has 0 spiro atoms. The number of hydrogen-bond acceptors (Lipinski definition) is 2. The summed E-state index contributed by atoms with van der Waals surface area (Å²) in [6, 6.07) is 7.83. The summed E-state index contributed by atoms with van der Waals surface area (Å²) in [5.74, 6) is 0. The van der Waals surface area contributed by atoms with Crippen LogP contribution in [0.3, 0.4) is 0 Å². The van der Waals surface area contributed by atoms with Gasteiger partial charge in [0, 0.05) is 12.7 Å². The summed E-state index contributed by atoms with van der Waals surface area (Å²) >= 11 is 0. The molecular formula is C12H15N3O. The molecule has 0 aliphatic rings. The Morgan fingerprint density at radius 3 is 2.62 bits per heavy atom. The van der Waals surface area contributed by atoms with Crippen LogP contribution in [0.5, 0.6) is 0 Å². The molecule has 2 rings (SSSR count). The lowest BCUT2D eigenvalue weighted by Gasteiger charge is -2.01. The van der Waals surface area contributed by atoms with Crippen molar-refractivity contribution in [3.05, 3.63) is 51.9 Å². The minimum absolute atomic E-state index is 0.00166. The second-order valence-corrected chi connectivity index (χ2v) is 3.81. The maximum Gasteiger partial charge on any atom is 0.275 e. The largest absolute Gasteiger partial charge is 0.315 e. The Morgan fingerprint density at radius 1 is 1.31 bits per heavy atom. The first-order valence-corrected chi connectivity index (χ1v) is 5.23. The van der Waals surface area contributed by atoms with Crippen molar-refractivity contribution in [2.75, 3.05) is 7.05 Å². The first-order chi connectivity index (χ1) is 7.72. The lowest BCUT2D eigenvalue weighted by Crippen LogP contribution is -2.20. The first kappa shape index (κ1) is 10.7. The van der Waals surface area contributed by atoms with E-state index in [4.69, 9.17) is 0 Å². The fraction of sp³-hybridized carbons (Fsp3) is 0.250. The zero-order valence-electron chi connectivity index (χ0n) is 9.45. The summed E-state index contributed by atoms with van der Waals surface area (Å²) in [6.45, 7) is 2.60. The molecule has 0 aliphatic carbocycles. The Kier molecular flexibility index (Phi) is 2.92. The average Bonchev–Trinajstić information content (AvgIpc) is 2.63. The van der Waals surface area contributed by atoms with Gasteiger partial charge >= 0.3 is 0 Å². The molecule has 0 amide bonds. The minimum atomic E-state index is -0.00166. The van der Waals surface area contributed by atoms with E-state index in [9.17, 15) is 4.79 Å². The van der Waals surface area contributed by atoms with Gasteiger partial charge in [0.1, 0.15) is 0 Å². The van der Waals surface area contributed by atoms with Crippen LogP contribution in [0.25, 0.3) is 5.69 Å². The van der Waals surface area contributed by atoms with Crippen LogP contribution in [0.15, 0.2) is 35.3 Å². The van der Waals surface area contributed by atoms with Crippen LogP contribution in [0.1, 0.15) is 11.1 Å². The highest BCUT2D eigenvalue weighted by atomic mass is 16.1. The Morgan fingerprint density at radius 2 is 2.00 bits per heavy atom. The summed E-state index contributed by atoms with van der Waals surface area (Å²) in [5, 5.41) is 5.92. The molecule has 4 nitrogen and oxygen atoms in total. The maximum atomic E-state index is 11.9. The maximum absolute atomic E-state index is 11.9. The fourth-order valence-corrected chi connectivity index (χ4v) is 1.61. The molecule has 4 heteroatoms. The Labute approximate surface area is 93.9 Å². The van der Waals surface area contributed by atoms with Gasteiger partial charge in [-0.25, -0.2) is 4.68 Å². The molecule has 1 heterocycles. The molecule has 0 saturated heterocycles. The van der Waals surface area contributed by atoms with Crippen molar-refractivity contribution < 1.29 is 0 Å². The fourth-order valence-electron chi connectivity index (χ4n) is 1.61. The molecule has 2 aromatic rings. The van der Waals surface area contributed by atoms with Gasteiger partial charge < -0.3 is 5.32 Å². The van der Waals surface area contributed by atoms with Gasteiger partial charge in [0.05, 0.1) is 11.3 Å². The van der Waals surface area contributed by atoms with Gasteiger partial charge in [-0.3, -0.25) is 9.89 Å². The summed E-state index contributed by atoms with van der Waals surface area (Å²) in [5.41, 5.74) is 2.78. The van der Waals surface area contributed by atoms with Crippen molar-refractivity contribution in [2.45, 2.75) is 13.5 Å². The SMILES string of the molecule is CNCc1c[nH]n(-c2ccc(C)cc2)c1=O. The van der Waals surface area contributed by atoms with E-state index in [2.05, 4.69) is 10.4 Å². The highest BCUT2D eigenvalue weighted by Crippen LogP contribution is 2.06. The van der Waals surface area contributed by atoms with Gasteiger partial charge in [0.15, 0.2) is 0 Å². The topological polar surface area (TPSA) is 49.8 Å². The molecule has 0 fully saturated rings. The smallest absolute Gasteiger partial charge is 0.275 e. The number of benzene rings is 1. The van der Waals surface area contributed by atoms with Crippen molar-refractivity contribution in [2.24, 2.45) is 0 Å². The van der Waals surface area contributed by atoms with E-state index in [1.54, 1.807) is 10.9 Å². The number of rotatable bonds is 3. The van der Waals surface area contributed by atoms with Crippen molar-refractivity contribution in [1.82, 2.24) is 15.1 Å². The first-order valence-electron chi connectivity index (χ1n) is 5.23. The molecular weight excluding hydrogens is 202 g/mol. The number of aromatic nitrogens is 2. The Bertz CT molecular complexity index is 522. The van der Waals surface area contributed by atoms with Crippen LogP contribution >= 0.6 is 0 Å². The predicted molar refractivity (Wildman–Crippen MR) is 63.9 cm³/mol. The number of hydrogen-bond donors (Lipinski definition) is 2. The molecule has 1 aromatic carbocycles. The van der Waals surface area contributed by atoms with E-state index in [-0.39, 0.29) is 5.56 Å². The lowest BCUT2D eigenvalue weighted by molar-refractivity contribution is 0.802. The monoisotopic (exact) mass is 217 g/mol. The lowest BCUT2D eigenvalue weighted by atomic mass is 10.2. The van der Waals surface area contributed by atoms with Crippen LogP contribution in [-0.2, 0) is 6.54 Å². The van der Waals surface area contributed by atoms with Crippen LogP contribution in [0.2, 0.25) is 0 Å². The van der Waals surface area contributed by atoms with Gasteiger partial charge in [-0.05, 0) is 26.1 Å². The van der Waals surface area contributed by atoms with Gasteiger partial charge in [-0.2, -0.15) is 0 Å². The van der Waals surface area contributed by atoms with Gasteiger partial charge in [0.2, 0.25) is 0 Å². The molecule has 0 saturated carbocycles. The predicted octanol–water partition coefficient (Wildman–Crippen LogP) is 1.19.